The molecule has 0 bridgehead atoms. The molecule has 2 N–H and O–H groups in total. The Hall–Kier alpha value is -0.730. The van der Waals surface area contributed by atoms with Crippen LogP contribution >= 0.6 is 11.6 Å². The second-order valence-electron chi connectivity index (χ2n) is 5.13. The molecule has 3 heteroatoms. The van der Waals surface area contributed by atoms with Crippen LogP contribution in [0.2, 0.25) is 5.02 Å². The second-order valence-corrected chi connectivity index (χ2v) is 5.54. The molecule has 0 aromatic heterocycles. The van der Waals surface area contributed by atoms with E-state index < -0.39 is 0 Å². The van der Waals surface area contributed by atoms with Gasteiger partial charge in [0.15, 0.2) is 0 Å². The first-order chi connectivity index (χ1) is 7.42. The van der Waals surface area contributed by atoms with Crippen molar-refractivity contribution in [2.45, 2.75) is 33.7 Å². The number of hydrogen-bond acceptors (Lipinski definition) is 2. The fraction of sp³-hybridized carbons (Fsp3) is 0.538. The maximum atomic E-state index is 6.08. The average Bonchev–Trinajstić information content (AvgIpc) is 2.18. The molecule has 0 heterocycles. The van der Waals surface area contributed by atoms with Crippen molar-refractivity contribution in [2.24, 2.45) is 11.1 Å². The van der Waals surface area contributed by atoms with Crippen LogP contribution in [0.1, 0.15) is 32.8 Å². The standard InChI is InChI=1S/C13H20ClNO/c1-13(2,3)6-7-16-12-5-4-10(9-15)8-11(12)14/h4-5,8H,6-7,9,15H2,1-3H3. The first-order valence-electron chi connectivity index (χ1n) is 5.54. The summed E-state index contributed by atoms with van der Waals surface area (Å²) in [6.07, 6.45) is 1.00. The number of ether oxygens (including phenoxy) is 1. The van der Waals surface area contributed by atoms with Gasteiger partial charge in [0, 0.05) is 6.54 Å². The van der Waals surface area contributed by atoms with Crippen molar-refractivity contribution in [2.75, 3.05) is 6.61 Å². The molecule has 1 rings (SSSR count). The predicted molar refractivity (Wildman–Crippen MR) is 68.9 cm³/mol. The van der Waals surface area contributed by atoms with E-state index in [9.17, 15) is 0 Å². The maximum Gasteiger partial charge on any atom is 0.137 e. The summed E-state index contributed by atoms with van der Waals surface area (Å²) in [5, 5.41) is 0.636. The molecule has 0 spiro atoms. The number of benzene rings is 1. The van der Waals surface area contributed by atoms with Crippen LogP contribution in [0.15, 0.2) is 18.2 Å². The lowest BCUT2D eigenvalue weighted by Gasteiger charge is -2.18. The Morgan fingerprint density at radius 1 is 1.31 bits per heavy atom. The van der Waals surface area contributed by atoms with Crippen molar-refractivity contribution in [1.29, 1.82) is 0 Å². The van der Waals surface area contributed by atoms with Crippen LogP contribution in [0.25, 0.3) is 0 Å². The van der Waals surface area contributed by atoms with E-state index in [1.807, 2.05) is 18.2 Å². The van der Waals surface area contributed by atoms with Crippen LogP contribution in [0, 0.1) is 5.41 Å². The van der Waals surface area contributed by atoms with Gasteiger partial charge in [0.2, 0.25) is 0 Å². The topological polar surface area (TPSA) is 35.2 Å². The van der Waals surface area contributed by atoms with E-state index in [0.717, 1.165) is 17.7 Å². The Bertz CT molecular complexity index is 344. The third-order valence-corrected chi connectivity index (χ3v) is 2.64. The van der Waals surface area contributed by atoms with Crippen molar-refractivity contribution in [3.05, 3.63) is 28.8 Å². The number of hydrogen-bond donors (Lipinski definition) is 1. The molecule has 0 radical (unpaired) electrons. The molecule has 1 aromatic rings. The molecule has 0 amide bonds. The zero-order valence-corrected chi connectivity index (χ0v) is 11.0. The molecular weight excluding hydrogens is 222 g/mol. The molecule has 0 atom stereocenters. The third kappa shape index (κ3) is 4.42. The van der Waals surface area contributed by atoms with Gasteiger partial charge >= 0.3 is 0 Å². The number of nitrogens with two attached hydrogens (primary N) is 1. The second kappa shape index (κ2) is 5.55. The normalized spacial score (nSPS) is 11.6. The summed E-state index contributed by atoms with van der Waals surface area (Å²) >= 11 is 6.08. The van der Waals surface area contributed by atoms with Gasteiger partial charge in [0.1, 0.15) is 5.75 Å². The van der Waals surface area contributed by atoms with Crippen LogP contribution in [0.3, 0.4) is 0 Å². The van der Waals surface area contributed by atoms with E-state index >= 15 is 0 Å². The summed E-state index contributed by atoms with van der Waals surface area (Å²) in [5.74, 6) is 0.739. The fourth-order valence-corrected chi connectivity index (χ4v) is 1.51. The fourth-order valence-electron chi connectivity index (χ4n) is 1.26. The SMILES string of the molecule is CC(C)(C)CCOc1ccc(CN)cc1Cl. The molecule has 1 aromatic carbocycles. The largest absolute Gasteiger partial charge is 0.492 e. The summed E-state index contributed by atoms with van der Waals surface area (Å²) in [7, 11) is 0. The minimum Gasteiger partial charge on any atom is -0.492 e. The van der Waals surface area contributed by atoms with Gasteiger partial charge in [0.05, 0.1) is 11.6 Å². The highest BCUT2D eigenvalue weighted by molar-refractivity contribution is 6.32. The zero-order chi connectivity index (χ0) is 12.2. The lowest BCUT2D eigenvalue weighted by Crippen LogP contribution is -2.11. The van der Waals surface area contributed by atoms with E-state index in [0.29, 0.717) is 18.2 Å². The molecule has 2 nitrogen and oxygen atoms in total. The van der Waals surface area contributed by atoms with Crippen LogP contribution in [-0.4, -0.2) is 6.61 Å². The molecule has 0 saturated heterocycles. The van der Waals surface area contributed by atoms with Crippen molar-refractivity contribution in [1.82, 2.24) is 0 Å². The summed E-state index contributed by atoms with van der Waals surface area (Å²) < 4.78 is 5.64. The van der Waals surface area contributed by atoms with Gasteiger partial charge in [-0.05, 0) is 29.5 Å². The minimum absolute atomic E-state index is 0.281. The van der Waals surface area contributed by atoms with Crippen LogP contribution in [0.4, 0.5) is 0 Å². The van der Waals surface area contributed by atoms with E-state index in [4.69, 9.17) is 22.1 Å². The Labute approximate surface area is 103 Å². The number of rotatable bonds is 4. The lowest BCUT2D eigenvalue weighted by molar-refractivity contribution is 0.243. The van der Waals surface area contributed by atoms with Crippen LogP contribution in [-0.2, 0) is 6.54 Å². The summed E-state index contributed by atoms with van der Waals surface area (Å²) in [5.41, 5.74) is 6.83. The van der Waals surface area contributed by atoms with Crippen molar-refractivity contribution in [3.8, 4) is 5.75 Å². The predicted octanol–water partition coefficient (Wildman–Crippen LogP) is 3.61. The Balaban J connectivity index is 2.55. The minimum atomic E-state index is 0.281. The lowest BCUT2D eigenvalue weighted by atomic mass is 9.93. The van der Waals surface area contributed by atoms with Gasteiger partial charge in [-0.25, -0.2) is 0 Å². The first kappa shape index (κ1) is 13.3. The van der Waals surface area contributed by atoms with E-state index in [1.54, 1.807) is 0 Å². The maximum absolute atomic E-state index is 6.08. The molecule has 0 saturated carbocycles. The Kier molecular flexibility index (Phi) is 4.63. The number of halogens is 1. The average molecular weight is 242 g/mol. The molecule has 0 aliphatic heterocycles. The Morgan fingerprint density at radius 3 is 2.50 bits per heavy atom. The van der Waals surface area contributed by atoms with Gasteiger partial charge in [-0.1, -0.05) is 38.4 Å². The van der Waals surface area contributed by atoms with Gasteiger partial charge in [-0.2, -0.15) is 0 Å². The molecule has 0 fully saturated rings. The monoisotopic (exact) mass is 241 g/mol. The smallest absolute Gasteiger partial charge is 0.137 e. The highest BCUT2D eigenvalue weighted by Gasteiger charge is 2.10. The van der Waals surface area contributed by atoms with Gasteiger partial charge in [-0.3, -0.25) is 0 Å². The molecule has 0 aliphatic carbocycles. The first-order valence-corrected chi connectivity index (χ1v) is 5.91. The molecule has 90 valence electrons. The summed E-state index contributed by atoms with van der Waals surface area (Å²) in [4.78, 5) is 0. The van der Waals surface area contributed by atoms with Crippen molar-refractivity contribution in [3.63, 3.8) is 0 Å². The summed E-state index contributed by atoms with van der Waals surface area (Å²) in [6, 6.07) is 5.68. The van der Waals surface area contributed by atoms with E-state index in [2.05, 4.69) is 20.8 Å². The molecule has 0 aliphatic rings. The third-order valence-electron chi connectivity index (χ3n) is 2.34. The van der Waals surface area contributed by atoms with Gasteiger partial charge < -0.3 is 10.5 Å². The van der Waals surface area contributed by atoms with Crippen LogP contribution in [0.5, 0.6) is 5.75 Å². The van der Waals surface area contributed by atoms with E-state index in [-0.39, 0.29) is 5.41 Å². The zero-order valence-electron chi connectivity index (χ0n) is 10.2. The quantitative estimate of drug-likeness (QED) is 0.874. The summed E-state index contributed by atoms with van der Waals surface area (Å²) in [6.45, 7) is 7.76. The molecular formula is C13H20ClNO. The highest BCUT2D eigenvalue weighted by Crippen LogP contribution is 2.26. The Morgan fingerprint density at radius 2 is 2.00 bits per heavy atom. The molecule has 0 unspecified atom stereocenters. The van der Waals surface area contributed by atoms with Gasteiger partial charge in [-0.15, -0.1) is 0 Å². The van der Waals surface area contributed by atoms with Crippen molar-refractivity contribution >= 4 is 11.6 Å². The highest BCUT2D eigenvalue weighted by atomic mass is 35.5. The van der Waals surface area contributed by atoms with Gasteiger partial charge in [0.25, 0.3) is 0 Å². The van der Waals surface area contributed by atoms with Crippen molar-refractivity contribution < 1.29 is 4.74 Å². The van der Waals surface area contributed by atoms with Crippen LogP contribution < -0.4 is 10.5 Å². The van der Waals surface area contributed by atoms with E-state index in [1.165, 1.54) is 0 Å². The molecule has 16 heavy (non-hydrogen) atoms.